The number of carbonyl (C=O) groups excluding carboxylic acids is 1. The van der Waals surface area contributed by atoms with E-state index in [0.717, 1.165) is 55.9 Å². The van der Waals surface area contributed by atoms with Gasteiger partial charge in [0.15, 0.2) is 18.9 Å². The summed E-state index contributed by atoms with van der Waals surface area (Å²) in [5, 5.41) is 56.3. The maximum atomic E-state index is 12.6. The van der Waals surface area contributed by atoms with Crippen molar-refractivity contribution in [3.63, 3.8) is 0 Å². The van der Waals surface area contributed by atoms with Crippen LogP contribution in [0.3, 0.4) is 0 Å². The van der Waals surface area contributed by atoms with E-state index in [9.17, 15) is 30.3 Å². The van der Waals surface area contributed by atoms with Gasteiger partial charge >= 0.3 is 5.97 Å². The molecule has 5 unspecified atom stereocenters. The van der Waals surface area contributed by atoms with Crippen LogP contribution in [0, 0.1) is 28.6 Å². The Morgan fingerprint density at radius 3 is 2.36 bits per heavy atom. The summed E-state index contributed by atoms with van der Waals surface area (Å²) < 4.78 is 36.4. The Labute approximate surface area is 348 Å². The van der Waals surface area contributed by atoms with Gasteiger partial charge in [-0.15, -0.1) is 0 Å². The van der Waals surface area contributed by atoms with Crippen molar-refractivity contribution in [3.05, 3.63) is 35.3 Å². The molecule has 3 saturated heterocycles. The van der Waals surface area contributed by atoms with E-state index in [0.29, 0.717) is 44.6 Å². The van der Waals surface area contributed by atoms with E-state index < -0.39 is 42.1 Å². The monoisotopic (exact) mass is 835 g/mol. The van der Waals surface area contributed by atoms with Crippen LogP contribution < -0.4 is 0 Å². The molecule has 15 atom stereocenters. The number of esters is 1. The van der Waals surface area contributed by atoms with E-state index in [4.69, 9.17) is 28.4 Å². The predicted molar refractivity (Wildman–Crippen MR) is 218 cm³/mol. The normalized spacial score (nSPS) is 42.2. The van der Waals surface area contributed by atoms with Crippen LogP contribution in [0.15, 0.2) is 35.3 Å². The van der Waals surface area contributed by atoms with Gasteiger partial charge in [0.2, 0.25) is 0 Å². The maximum absolute atomic E-state index is 12.6. The minimum atomic E-state index is -1.54. The zero-order valence-corrected chi connectivity index (χ0v) is 36.1. The van der Waals surface area contributed by atoms with Gasteiger partial charge in [0.25, 0.3) is 0 Å². The number of cyclic esters (lactones) is 1. The Kier molecular flexibility index (Phi) is 13.7. The molecule has 13 nitrogen and oxygen atoms in total. The van der Waals surface area contributed by atoms with Gasteiger partial charge < -0.3 is 54.0 Å². The predicted octanol–water partition coefficient (Wildman–Crippen LogP) is 5.67. The van der Waals surface area contributed by atoms with Crippen LogP contribution in [-0.2, 0) is 33.2 Å². The van der Waals surface area contributed by atoms with Crippen LogP contribution >= 0.6 is 11.8 Å². The minimum Gasteiger partial charge on any atom is -0.510 e. The van der Waals surface area contributed by atoms with Crippen LogP contribution in [0.2, 0.25) is 0 Å². The molecule has 7 rings (SSSR count). The van der Waals surface area contributed by atoms with Gasteiger partial charge in [-0.1, -0.05) is 27.7 Å². The fourth-order valence-electron chi connectivity index (χ4n) is 11.8. The molecule has 0 aromatic heterocycles. The Balaban J connectivity index is 0.914. The second-order valence-corrected chi connectivity index (χ2v) is 19.7. The highest BCUT2D eigenvalue weighted by Crippen LogP contribution is 2.68. The van der Waals surface area contributed by atoms with Crippen molar-refractivity contribution >= 4 is 17.7 Å². The molecule has 0 aromatic rings. The Morgan fingerprint density at radius 1 is 0.966 bits per heavy atom. The number of thioether (sulfide) groups is 1. The molecular weight excluding hydrogens is 767 g/mol. The lowest BCUT2D eigenvalue weighted by Crippen LogP contribution is -2.69. The van der Waals surface area contributed by atoms with Crippen molar-refractivity contribution in [2.45, 2.75) is 173 Å². The molecule has 0 bridgehead atoms. The Morgan fingerprint density at radius 2 is 1.69 bits per heavy atom. The van der Waals surface area contributed by atoms with Crippen molar-refractivity contribution in [3.8, 4) is 0 Å². The average molecular weight is 836 g/mol. The van der Waals surface area contributed by atoms with Crippen LogP contribution in [-0.4, -0.2) is 135 Å². The number of fused-ring (bicyclic) bond motifs is 5. The number of hydrogen-bond acceptors (Lipinski definition) is 14. The van der Waals surface area contributed by atoms with Gasteiger partial charge in [-0.2, -0.15) is 11.8 Å². The quantitative estimate of drug-likeness (QED) is 0.0822. The number of carbonyl (C=O) groups is 1. The number of aliphatic hydroxyl groups is 5. The lowest BCUT2D eigenvalue weighted by Gasteiger charge is -2.65. The van der Waals surface area contributed by atoms with Crippen LogP contribution in [0.4, 0.5) is 0 Å². The first-order valence-corrected chi connectivity index (χ1v) is 23.1. The highest BCUT2D eigenvalue weighted by Gasteiger charge is 2.71. The number of hydrogen-bond donors (Lipinski definition) is 5. The first-order valence-electron chi connectivity index (χ1n) is 22.0. The summed E-state index contributed by atoms with van der Waals surface area (Å²) in [4.78, 5) is 14.4. The molecule has 0 spiro atoms. The standard InChI is InChI=1S/C44H69NO12S/c1-7-35(56-39(50)20-34(47)36(8-2)57-40-13-16-45(21-25(3)53-40)29-23-58-24-29)33(46)19-38(49)55-30-11-14-42(5)28(18-30)9-10-32-41(42)54-26(4)43(6)31(12-15-44(32,43)51)27-17-37(48)52-22-27/h17,19-20,25-26,28-32,35-36,38-41,46-47,49-51H,7-16,18,21-24H2,1-6H3/b33-19-,34-20-/t25?,26-,28?,30-,31+,32?,35+,36+,38-,39-,40?,41?,42-,43+,44-/m0/s1. The largest absolute Gasteiger partial charge is 0.510 e. The number of nitrogens with zero attached hydrogens (tertiary/aromatic N) is 1. The number of ether oxygens (including phenoxy) is 6. The molecule has 7 aliphatic rings. The van der Waals surface area contributed by atoms with Gasteiger partial charge in [0.05, 0.1) is 30.0 Å². The summed E-state index contributed by atoms with van der Waals surface area (Å²) >= 11 is 1.95. The summed E-state index contributed by atoms with van der Waals surface area (Å²) in [6.07, 6.45) is 5.11. The van der Waals surface area contributed by atoms with E-state index in [1.165, 1.54) is 12.2 Å². The Hall–Kier alpha value is -1.72. The molecule has 14 heteroatoms. The average Bonchev–Trinajstić information content (AvgIpc) is 3.64. The molecule has 5 N–H and O–H groups in total. The molecule has 6 fully saturated rings. The summed E-state index contributed by atoms with van der Waals surface area (Å²) in [6, 6.07) is 0.578. The molecule has 4 heterocycles. The molecule has 0 amide bonds. The molecule has 0 aromatic carbocycles. The molecule has 3 aliphatic carbocycles. The van der Waals surface area contributed by atoms with Gasteiger partial charge in [-0.3, -0.25) is 4.90 Å². The van der Waals surface area contributed by atoms with Gasteiger partial charge in [0, 0.05) is 66.6 Å². The number of rotatable bonds is 14. The first-order chi connectivity index (χ1) is 27.6. The fourth-order valence-corrected chi connectivity index (χ4v) is 12.7. The van der Waals surface area contributed by atoms with Crippen molar-refractivity contribution in [1.29, 1.82) is 0 Å². The van der Waals surface area contributed by atoms with Crippen LogP contribution in [0.5, 0.6) is 0 Å². The topological polar surface area (TPSA) is 177 Å². The molecule has 4 aliphatic heterocycles. The molecule has 328 valence electrons. The molecular formula is C44H69NO12S. The van der Waals surface area contributed by atoms with Gasteiger partial charge in [0.1, 0.15) is 30.3 Å². The first kappa shape index (κ1) is 44.3. The highest BCUT2D eigenvalue weighted by molar-refractivity contribution is 8.00. The molecule has 58 heavy (non-hydrogen) atoms. The summed E-state index contributed by atoms with van der Waals surface area (Å²) in [5.74, 6) is 1.77. The third-order valence-corrected chi connectivity index (χ3v) is 16.6. The van der Waals surface area contributed by atoms with E-state index in [2.05, 4.69) is 25.7 Å². The van der Waals surface area contributed by atoms with Crippen molar-refractivity contribution in [2.75, 3.05) is 31.2 Å². The smallest absolute Gasteiger partial charge is 0.331 e. The van der Waals surface area contributed by atoms with Crippen molar-refractivity contribution in [2.24, 2.45) is 28.6 Å². The van der Waals surface area contributed by atoms with Crippen molar-refractivity contribution < 1.29 is 58.7 Å². The van der Waals surface area contributed by atoms with E-state index in [-0.39, 0.29) is 71.7 Å². The fraction of sp³-hybridized carbons (Fsp3) is 0.841. The van der Waals surface area contributed by atoms with E-state index in [1.807, 2.05) is 25.6 Å². The molecule has 0 radical (unpaired) electrons. The molecule has 3 saturated carbocycles. The van der Waals surface area contributed by atoms with Crippen LogP contribution in [0.1, 0.15) is 106 Å². The zero-order chi connectivity index (χ0) is 41.6. The minimum absolute atomic E-state index is 0.0114. The van der Waals surface area contributed by atoms with Gasteiger partial charge in [-0.25, -0.2) is 4.79 Å². The zero-order valence-electron chi connectivity index (χ0n) is 35.3. The van der Waals surface area contributed by atoms with Gasteiger partial charge in [-0.05, 0) is 94.5 Å². The lowest BCUT2D eigenvalue weighted by atomic mass is 9.48. The number of aliphatic hydroxyl groups excluding tert-OH is 4. The third-order valence-electron chi connectivity index (χ3n) is 15.4. The second kappa shape index (κ2) is 17.9. The maximum Gasteiger partial charge on any atom is 0.331 e. The van der Waals surface area contributed by atoms with Crippen molar-refractivity contribution in [1.82, 2.24) is 4.90 Å². The van der Waals surface area contributed by atoms with E-state index in [1.54, 1.807) is 13.0 Å². The van der Waals surface area contributed by atoms with Crippen LogP contribution in [0.25, 0.3) is 0 Å². The highest BCUT2D eigenvalue weighted by atomic mass is 32.2. The second-order valence-electron chi connectivity index (χ2n) is 18.6. The lowest BCUT2D eigenvalue weighted by molar-refractivity contribution is -0.303. The third kappa shape index (κ3) is 8.55. The summed E-state index contributed by atoms with van der Waals surface area (Å²) in [7, 11) is 0. The Bertz CT molecular complexity index is 1560. The SMILES string of the molecule is CC[C@@H](OC1CCN(C2CSC2)CC(C)O1)/C(O)=C/[C@@H](O)O[C@H](CC)/C(O)=C/[C@@H](O)O[C@H]1CC[C@@]2(C)C(CCC3C2O[C@@H](C)[C@]2(C)[C@@H](C4=CC(=O)OC4)CC[C@]32O)C1. The summed E-state index contributed by atoms with van der Waals surface area (Å²) in [6.45, 7) is 14.2. The van der Waals surface area contributed by atoms with E-state index >= 15 is 0 Å². The summed E-state index contributed by atoms with van der Waals surface area (Å²) in [5.41, 5.74) is -0.671.